The second kappa shape index (κ2) is 10.2. The second-order valence-electron chi connectivity index (χ2n) is 9.72. The molecule has 4 aliphatic rings. The van der Waals surface area contributed by atoms with Gasteiger partial charge >= 0.3 is 0 Å². The number of aliphatic hydroxyl groups is 1. The molecule has 2 amide bonds. The van der Waals surface area contributed by atoms with E-state index in [1.807, 2.05) is 6.92 Å². The first kappa shape index (κ1) is 24.5. The number of nitrogens with zero attached hydrogens (tertiary/aromatic N) is 2. The number of aliphatic imine (C=N–C) groups is 1. The topological polar surface area (TPSA) is 94.0 Å². The summed E-state index contributed by atoms with van der Waals surface area (Å²) >= 11 is 0. The highest BCUT2D eigenvalue weighted by Crippen LogP contribution is 2.52. The van der Waals surface area contributed by atoms with Crippen molar-refractivity contribution in [3.05, 3.63) is 12.2 Å². The highest BCUT2D eigenvalue weighted by molar-refractivity contribution is 14.0. The maximum Gasteiger partial charge on any atom is 0.233 e. The first-order chi connectivity index (χ1) is 14.4. The van der Waals surface area contributed by atoms with Gasteiger partial charge < -0.3 is 15.7 Å². The van der Waals surface area contributed by atoms with Crippen LogP contribution >= 0.6 is 24.0 Å². The van der Waals surface area contributed by atoms with Crippen LogP contribution < -0.4 is 10.6 Å². The number of hydrogen-bond acceptors (Lipinski definition) is 4. The number of carbonyl (C=O) groups excluding carboxylic acids is 2. The number of hydrogen-bond donors (Lipinski definition) is 3. The van der Waals surface area contributed by atoms with Crippen LogP contribution in [0.15, 0.2) is 17.1 Å². The molecule has 2 saturated carbocycles. The zero-order valence-corrected chi connectivity index (χ0v) is 21.0. The lowest BCUT2D eigenvalue weighted by Gasteiger charge is -2.37. The van der Waals surface area contributed by atoms with E-state index in [1.54, 1.807) is 0 Å². The van der Waals surface area contributed by atoms with Crippen molar-refractivity contribution < 1.29 is 14.7 Å². The van der Waals surface area contributed by atoms with Crippen molar-refractivity contribution in [2.75, 3.05) is 26.2 Å². The molecule has 0 spiro atoms. The van der Waals surface area contributed by atoms with Crippen LogP contribution in [0.2, 0.25) is 0 Å². The molecule has 6 atom stereocenters. The molecular weight excluding hydrogens is 507 g/mol. The van der Waals surface area contributed by atoms with E-state index in [9.17, 15) is 14.7 Å². The standard InChI is InChI=1S/C23H36N4O3.HI/c1-3-24-22(26-14-23(2)10-5-4-7-17(23)28)25-11-6-12-27-20(29)18-15-8-9-16(13-15)19(18)21(27)30;/h8-9,15-19,28H,3-7,10-14H2,1-2H3,(H2,24,25,26);1H. The molecule has 6 unspecified atom stereocenters. The number of carbonyl (C=O) groups is 2. The average molecular weight is 544 g/mol. The highest BCUT2D eigenvalue weighted by atomic mass is 127. The summed E-state index contributed by atoms with van der Waals surface area (Å²) in [7, 11) is 0. The van der Waals surface area contributed by atoms with Gasteiger partial charge in [0, 0.05) is 25.0 Å². The molecule has 0 radical (unpaired) electrons. The Morgan fingerprint density at radius 3 is 2.48 bits per heavy atom. The molecule has 2 bridgehead atoms. The molecule has 7 nitrogen and oxygen atoms in total. The lowest BCUT2D eigenvalue weighted by atomic mass is 9.73. The minimum atomic E-state index is -0.297. The number of halogens is 1. The minimum absolute atomic E-state index is 0. The lowest BCUT2D eigenvalue weighted by Crippen LogP contribution is -2.42. The van der Waals surface area contributed by atoms with Crippen LogP contribution in [0.25, 0.3) is 0 Å². The van der Waals surface area contributed by atoms with E-state index in [0.29, 0.717) is 26.1 Å². The predicted octanol–water partition coefficient (Wildman–Crippen LogP) is 2.30. The molecule has 1 heterocycles. The quantitative estimate of drug-likeness (QED) is 0.114. The van der Waals surface area contributed by atoms with E-state index in [0.717, 1.165) is 44.6 Å². The Balaban J connectivity index is 0.00000272. The van der Waals surface area contributed by atoms with Crippen molar-refractivity contribution in [2.24, 2.45) is 34.1 Å². The molecule has 0 aromatic rings. The number of likely N-dealkylation sites (tertiary alicyclic amines) is 1. The largest absolute Gasteiger partial charge is 0.392 e. The summed E-state index contributed by atoms with van der Waals surface area (Å²) in [5.74, 6) is 1.11. The highest BCUT2D eigenvalue weighted by Gasteiger charge is 2.58. The van der Waals surface area contributed by atoms with Crippen LogP contribution in [0.5, 0.6) is 0 Å². The predicted molar refractivity (Wildman–Crippen MR) is 131 cm³/mol. The summed E-state index contributed by atoms with van der Waals surface area (Å²) in [6.45, 7) is 6.60. The van der Waals surface area contributed by atoms with Gasteiger partial charge in [0.15, 0.2) is 5.96 Å². The van der Waals surface area contributed by atoms with Crippen molar-refractivity contribution in [1.82, 2.24) is 15.5 Å². The van der Waals surface area contributed by atoms with Crippen molar-refractivity contribution in [1.29, 1.82) is 0 Å². The average Bonchev–Trinajstić information content (AvgIpc) is 3.41. The van der Waals surface area contributed by atoms with E-state index < -0.39 is 0 Å². The monoisotopic (exact) mass is 544 g/mol. The molecule has 4 rings (SSSR count). The van der Waals surface area contributed by atoms with Gasteiger partial charge in [-0.05, 0) is 44.4 Å². The third-order valence-electron chi connectivity index (χ3n) is 7.64. The number of fused-ring (bicyclic) bond motifs is 5. The van der Waals surface area contributed by atoms with Crippen molar-refractivity contribution >= 4 is 41.8 Å². The minimum Gasteiger partial charge on any atom is -0.392 e. The molecule has 1 aliphatic heterocycles. The first-order valence-corrected chi connectivity index (χ1v) is 11.7. The molecule has 31 heavy (non-hydrogen) atoms. The fourth-order valence-electron chi connectivity index (χ4n) is 5.80. The van der Waals surface area contributed by atoms with Gasteiger partial charge in [-0.1, -0.05) is 31.9 Å². The zero-order valence-electron chi connectivity index (χ0n) is 18.7. The van der Waals surface area contributed by atoms with Crippen LogP contribution in [-0.4, -0.2) is 60.1 Å². The van der Waals surface area contributed by atoms with Gasteiger partial charge in [-0.15, -0.1) is 24.0 Å². The third kappa shape index (κ3) is 4.79. The maximum atomic E-state index is 12.8. The SMILES string of the molecule is CCNC(=NCC1(C)CCCCC1O)NCCCN1C(=O)C2C3C=CC(C3)C2C1=O.I. The number of guanidine groups is 1. The third-order valence-corrected chi connectivity index (χ3v) is 7.64. The lowest BCUT2D eigenvalue weighted by molar-refractivity contribution is -0.140. The summed E-state index contributed by atoms with van der Waals surface area (Å²) in [6.07, 6.45) is 9.71. The molecule has 3 N–H and O–H groups in total. The molecule has 8 heteroatoms. The smallest absolute Gasteiger partial charge is 0.233 e. The van der Waals surface area contributed by atoms with Crippen molar-refractivity contribution in [3.63, 3.8) is 0 Å². The summed E-state index contributed by atoms with van der Waals surface area (Å²) in [6, 6.07) is 0. The Kier molecular flexibility index (Phi) is 8.05. The van der Waals surface area contributed by atoms with Crippen LogP contribution in [-0.2, 0) is 9.59 Å². The van der Waals surface area contributed by atoms with Crippen molar-refractivity contribution in [3.8, 4) is 0 Å². The Morgan fingerprint density at radius 1 is 1.19 bits per heavy atom. The van der Waals surface area contributed by atoms with E-state index in [4.69, 9.17) is 4.99 Å². The summed E-state index contributed by atoms with van der Waals surface area (Å²) in [5, 5.41) is 17.0. The number of amides is 2. The van der Waals surface area contributed by atoms with Crippen LogP contribution in [0, 0.1) is 29.1 Å². The van der Waals surface area contributed by atoms with E-state index in [-0.39, 0.29) is 71.0 Å². The van der Waals surface area contributed by atoms with Crippen LogP contribution in [0.3, 0.4) is 0 Å². The van der Waals surface area contributed by atoms with Gasteiger partial charge in [-0.25, -0.2) is 0 Å². The van der Waals surface area contributed by atoms with Gasteiger partial charge in [0.05, 0.1) is 24.5 Å². The van der Waals surface area contributed by atoms with Gasteiger partial charge in [0.1, 0.15) is 0 Å². The molecule has 174 valence electrons. The molecule has 3 aliphatic carbocycles. The number of allylic oxidation sites excluding steroid dienone is 2. The van der Waals surface area contributed by atoms with E-state index in [2.05, 4.69) is 29.7 Å². The summed E-state index contributed by atoms with van der Waals surface area (Å²) in [4.78, 5) is 31.7. The number of rotatable bonds is 7. The molecule has 0 aromatic carbocycles. The Bertz CT molecular complexity index is 712. The number of nitrogens with one attached hydrogen (secondary N) is 2. The maximum absolute atomic E-state index is 12.8. The number of imide groups is 1. The van der Waals surface area contributed by atoms with Crippen LogP contribution in [0.1, 0.15) is 52.4 Å². The Hall–Kier alpha value is -1.16. The zero-order chi connectivity index (χ0) is 21.3. The Labute approximate surface area is 202 Å². The summed E-state index contributed by atoms with van der Waals surface area (Å²) < 4.78 is 0. The molecule has 1 saturated heterocycles. The molecule has 0 aromatic heterocycles. The van der Waals surface area contributed by atoms with E-state index >= 15 is 0 Å². The van der Waals surface area contributed by atoms with Gasteiger partial charge in [0.2, 0.25) is 11.8 Å². The van der Waals surface area contributed by atoms with Gasteiger partial charge in [0.25, 0.3) is 0 Å². The Morgan fingerprint density at radius 2 is 1.87 bits per heavy atom. The normalized spacial score (nSPS) is 36.5. The fraction of sp³-hybridized carbons (Fsp3) is 0.783. The van der Waals surface area contributed by atoms with Gasteiger partial charge in [-0.2, -0.15) is 0 Å². The fourth-order valence-corrected chi connectivity index (χ4v) is 5.80. The van der Waals surface area contributed by atoms with Crippen molar-refractivity contribution in [2.45, 2.75) is 58.5 Å². The first-order valence-electron chi connectivity index (χ1n) is 11.7. The van der Waals surface area contributed by atoms with Gasteiger partial charge in [-0.3, -0.25) is 19.5 Å². The molecular formula is C23H37IN4O3. The van der Waals surface area contributed by atoms with Crippen LogP contribution in [0.4, 0.5) is 0 Å². The second-order valence-corrected chi connectivity index (χ2v) is 9.72. The number of aliphatic hydroxyl groups excluding tert-OH is 1. The summed E-state index contributed by atoms with van der Waals surface area (Å²) in [5.41, 5.74) is -0.167. The van der Waals surface area contributed by atoms with E-state index in [1.165, 1.54) is 4.90 Å². The molecule has 3 fully saturated rings.